The molecule has 23 heavy (non-hydrogen) atoms. The Balaban J connectivity index is 2.04. The predicted octanol–water partition coefficient (Wildman–Crippen LogP) is 3.06. The van der Waals surface area contributed by atoms with Crippen molar-refractivity contribution in [1.82, 2.24) is 14.9 Å². The number of rotatable bonds is 4. The van der Waals surface area contributed by atoms with Gasteiger partial charge in [-0.2, -0.15) is 0 Å². The molecule has 0 saturated heterocycles. The van der Waals surface area contributed by atoms with E-state index < -0.39 is 0 Å². The fraction of sp³-hybridized carbons (Fsp3) is 0.400. The molecule has 1 aromatic carbocycles. The lowest BCUT2D eigenvalue weighted by Gasteiger charge is -2.17. The molecular weight excluding hydrogens is 334 g/mol. The van der Waals surface area contributed by atoms with Crippen molar-refractivity contribution in [3.63, 3.8) is 0 Å². The van der Waals surface area contributed by atoms with Gasteiger partial charge in [0.05, 0.1) is 5.25 Å². The van der Waals surface area contributed by atoms with Crippen LogP contribution in [0.1, 0.15) is 33.5 Å². The smallest absolute Gasteiger partial charge is 0.237 e. The fourth-order valence-electron chi connectivity index (χ4n) is 1.86. The second-order valence-corrected chi connectivity index (χ2v) is 7.93. The molecule has 1 heterocycles. The summed E-state index contributed by atoms with van der Waals surface area (Å²) in [5, 5.41) is 11.8. The number of carbonyl (C=O) groups excluding carboxylic acids is 1. The number of thioether (sulfide) groups is 1. The number of nitrogen functional groups attached to an aromatic ring is 1. The summed E-state index contributed by atoms with van der Waals surface area (Å²) in [7, 11) is 0. The van der Waals surface area contributed by atoms with Crippen LogP contribution < -0.4 is 11.2 Å². The number of benzene rings is 1. The van der Waals surface area contributed by atoms with Crippen molar-refractivity contribution < 1.29 is 4.79 Å². The summed E-state index contributed by atoms with van der Waals surface area (Å²) in [6.45, 7) is 7.81. The number of hydrogen-bond donors (Lipinski definition) is 2. The van der Waals surface area contributed by atoms with Gasteiger partial charge in [0.1, 0.15) is 0 Å². The van der Waals surface area contributed by atoms with Gasteiger partial charge in [-0.3, -0.25) is 4.79 Å². The van der Waals surface area contributed by atoms with Crippen LogP contribution in [0.5, 0.6) is 0 Å². The van der Waals surface area contributed by atoms with Crippen molar-refractivity contribution in [3.05, 3.63) is 35.1 Å². The van der Waals surface area contributed by atoms with Crippen LogP contribution in [0.25, 0.3) is 0 Å². The first-order valence-electron chi connectivity index (χ1n) is 7.12. The lowest BCUT2D eigenvalue weighted by atomic mass is 9.96. The highest BCUT2D eigenvalue weighted by molar-refractivity contribution is 8.00. The summed E-state index contributed by atoms with van der Waals surface area (Å²) in [5.41, 5.74) is 0.478. The van der Waals surface area contributed by atoms with Gasteiger partial charge in [-0.05, 0) is 31.2 Å². The summed E-state index contributed by atoms with van der Waals surface area (Å²) in [6.07, 6.45) is 0. The van der Waals surface area contributed by atoms with Crippen molar-refractivity contribution in [2.75, 3.05) is 11.2 Å². The van der Waals surface area contributed by atoms with E-state index in [0.717, 1.165) is 0 Å². The van der Waals surface area contributed by atoms with Crippen molar-refractivity contribution in [2.24, 2.45) is 0 Å². The van der Waals surface area contributed by atoms with E-state index in [0.29, 0.717) is 21.7 Å². The van der Waals surface area contributed by atoms with Crippen LogP contribution in [0.4, 0.5) is 5.69 Å². The van der Waals surface area contributed by atoms with E-state index in [1.54, 1.807) is 31.2 Å². The van der Waals surface area contributed by atoms with Crippen LogP contribution >= 0.6 is 23.4 Å². The van der Waals surface area contributed by atoms with Gasteiger partial charge >= 0.3 is 0 Å². The average molecular weight is 354 g/mol. The molecule has 1 aromatic heterocycles. The minimum absolute atomic E-state index is 0.141. The largest absolute Gasteiger partial charge is 0.336 e. The van der Waals surface area contributed by atoms with Crippen LogP contribution in [-0.4, -0.2) is 26.0 Å². The van der Waals surface area contributed by atoms with Gasteiger partial charge in [0.15, 0.2) is 5.82 Å². The molecule has 0 fully saturated rings. The molecule has 0 unspecified atom stereocenters. The Morgan fingerprint density at radius 1 is 1.30 bits per heavy atom. The maximum atomic E-state index is 12.3. The van der Waals surface area contributed by atoms with Crippen LogP contribution in [0.15, 0.2) is 29.4 Å². The van der Waals surface area contributed by atoms with E-state index in [-0.39, 0.29) is 16.6 Å². The molecule has 0 bridgehead atoms. The minimum Gasteiger partial charge on any atom is -0.336 e. The van der Waals surface area contributed by atoms with Crippen LogP contribution in [0.3, 0.4) is 0 Å². The number of aromatic nitrogens is 3. The number of carbonyl (C=O) groups is 1. The van der Waals surface area contributed by atoms with Gasteiger partial charge in [-0.1, -0.05) is 44.1 Å². The zero-order valence-corrected chi connectivity index (χ0v) is 15.1. The van der Waals surface area contributed by atoms with E-state index in [9.17, 15) is 4.79 Å². The molecule has 124 valence electrons. The molecule has 6 nitrogen and oxygen atoms in total. The van der Waals surface area contributed by atoms with Crippen molar-refractivity contribution in [2.45, 2.75) is 43.5 Å². The first kappa shape index (κ1) is 17.6. The molecule has 2 rings (SSSR count). The molecule has 0 aliphatic carbocycles. The molecule has 8 heteroatoms. The van der Waals surface area contributed by atoms with Gasteiger partial charge < -0.3 is 11.2 Å². The standard InChI is InChI=1S/C15H20ClN5OS/c1-9(12(22)18-11-7-5-10(16)6-8-11)23-14-20-19-13(21(14)17)15(2,3)4/h5-9H,17H2,1-4H3,(H,18,22)/t9-/m0/s1. The van der Waals surface area contributed by atoms with Gasteiger partial charge in [-0.15, -0.1) is 10.2 Å². The SMILES string of the molecule is C[C@H](Sc1nnc(C(C)(C)C)n1N)C(=O)Nc1ccc(Cl)cc1. The Morgan fingerprint density at radius 2 is 1.91 bits per heavy atom. The summed E-state index contributed by atoms with van der Waals surface area (Å²) >= 11 is 7.09. The zero-order valence-electron chi connectivity index (χ0n) is 13.5. The lowest BCUT2D eigenvalue weighted by molar-refractivity contribution is -0.115. The summed E-state index contributed by atoms with van der Waals surface area (Å²) < 4.78 is 1.44. The van der Waals surface area contributed by atoms with Gasteiger partial charge in [0, 0.05) is 16.1 Å². The van der Waals surface area contributed by atoms with E-state index in [4.69, 9.17) is 17.4 Å². The number of nitrogens with zero attached hydrogens (tertiary/aromatic N) is 3. The van der Waals surface area contributed by atoms with Crippen LogP contribution in [-0.2, 0) is 10.2 Å². The number of anilines is 1. The molecule has 0 aliphatic rings. The molecule has 0 spiro atoms. The predicted molar refractivity (Wildman–Crippen MR) is 94.3 cm³/mol. The normalized spacial score (nSPS) is 12.9. The molecular formula is C15H20ClN5OS. The van der Waals surface area contributed by atoms with E-state index in [2.05, 4.69) is 15.5 Å². The molecule has 2 aromatic rings. The molecule has 0 saturated carbocycles. The monoisotopic (exact) mass is 353 g/mol. The highest BCUT2D eigenvalue weighted by Crippen LogP contribution is 2.26. The molecule has 0 radical (unpaired) electrons. The molecule has 1 amide bonds. The number of nitrogens with one attached hydrogen (secondary N) is 1. The number of nitrogens with two attached hydrogens (primary N) is 1. The summed E-state index contributed by atoms with van der Waals surface area (Å²) in [4.78, 5) is 12.3. The van der Waals surface area contributed by atoms with Crippen LogP contribution in [0.2, 0.25) is 5.02 Å². The second-order valence-electron chi connectivity index (χ2n) is 6.18. The molecule has 3 N–H and O–H groups in total. The Bertz CT molecular complexity index is 693. The third kappa shape index (κ3) is 4.39. The van der Waals surface area contributed by atoms with Gasteiger partial charge in [-0.25, -0.2) is 4.68 Å². The van der Waals surface area contributed by atoms with Crippen molar-refractivity contribution >= 4 is 35.0 Å². The second kappa shape index (κ2) is 6.80. The van der Waals surface area contributed by atoms with Crippen molar-refractivity contribution in [1.29, 1.82) is 0 Å². The number of amides is 1. The van der Waals surface area contributed by atoms with E-state index >= 15 is 0 Å². The van der Waals surface area contributed by atoms with Crippen molar-refractivity contribution in [3.8, 4) is 0 Å². The Morgan fingerprint density at radius 3 is 2.43 bits per heavy atom. The number of hydrogen-bond acceptors (Lipinski definition) is 5. The first-order chi connectivity index (χ1) is 10.7. The summed E-state index contributed by atoms with van der Waals surface area (Å²) in [5.74, 6) is 6.56. The van der Waals surface area contributed by atoms with Gasteiger partial charge in [0.2, 0.25) is 11.1 Å². The quantitative estimate of drug-likeness (QED) is 0.651. The minimum atomic E-state index is -0.370. The lowest BCUT2D eigenvalue weighted by Crippen LogP contribution is -2.26. The number of halogens is 1. The maximum Gasteiger partial charge on any atom is 0.237 e. The zero-order chi connectivity index (χ0) is 17.2. The van der Waals surface area contributed by atoms with E-state index in [1.807, 2.05) is 20.8 Å². The molecule has 1 atom stereocenters. The Hall–Kier alpha value is -1.73. The van der Waals surface area contributed by atoms with Crippen LogP contribution in [0, 0.1) is 0 Å². The molecule has 0 aliphatic heterocycles. The van der Waals surface area contributed by atoms with Gasteiger partial charge in [0.25, 0.3) is 0 Å². The Labute approximate surface area is 144 Å². The maximum absolute atomic E-state index is 12.3. The fourth-order valence-corrected chi connectivity index (χ4v) is 2.75. The topological polar surface area (TPSA) is 85.8 Å². The third-order valence-corrected chi connectivity index (χ3v) is 4.41. The third-order valence-electron chi connectivity index (χ3n) is 3.10. The highest BCUT2D eigenvalue weighted by atomic mass is 35.5. The first-order valence-corrected chi connectivity index (χ1v) is 8.38. The summed E-state index contributed by atoms with van der Waals surface area (Å²) in [6, 6.07) is 6.95. The average Bonchev–Trinajstić information content (AvgIpc) is 2.82. The highest BCUT2D eigenvalue weighted by Gasteiger charge is 2.25. The van der Waals surface area contributed by atoms with E-state index in [1.165, 1.54) is 16.4 Å². The Kier molecular flexibility index (Phi) is 5.21.